The minimum atomic E-state index is -2.99. The SMILES string of the molecule is Cc1nn([C@@H]2CCS(=O)(=O)C2)c(C)c1/C=N\NC(=O)c1ccc(OC(C)C)cc1. The van der Waals surface area contributed by atoms with Crippen LogP contribution in [0.1, 0.15) is 53.6 Å². The lowest BCUT2D eigenvalue weighted by atomic mass is 10.2. The minimum absolute atomic E-state index is 0.0658. The van der Waals surface area contributed by atoms with E-state index in [0.717, 1.165) is 17.0 Å². The average molecular weight is 419 g/mol. The normalized spacial score (nSPS) is 18.4. The molecule has 1 saturated heterocycles. The second-order valence-corrected chi connectivity index (χ2v) is 9.70. The Morgan fingerprint density at radius 3 is 2.59 bits per heavy atom. The Balaban J connectivity index is 1.66. The zero-order valence-electron chi connectivity index (χ0n) is 17.0. The Bertz CT molecular complexity index is 1020. The Morgan fingerprint density at radius 1 is 1.31 bits per heavy atom. The molecular weight excluding hydrogens is 392 g/mol. The molecule has 0 spiro atoms. The molecule has 0 radical (unpaired) electrons. The summed E-state index contributed by atoms with van der Waals surface area (Å²) in [6.45, 7) is 7.59. The van der Waals surface area contributed by atoms with Crippen LogP contribution in [0.4, 0.5) is 0 Å². The standard InChI is InChI=1S/C20H26N4O4S/c1-13(2)28-18-7-5-16(6-8-18)20(25)22-21-11-19-14(3)23-24(15(19)4)17-9-10-29(26,27)12-17/h5-8,11,13,17H,9-10,12H2,1-4H3,(H,22,25)/b21-11-/t17-/m1/s1. The van der Waals surface area contributed by atoms with Crippen LogP contribution in [0.25, 0.3) is 0 Å². The zero-order valence-corrected chi connectivity index (χ0v) is 17.9. The van der Waals surface area contributed by atoms with E-state index in [4.69, 9.17) is 4.74 Å². The van der Waals surface area contributed by atoms with Gasteiger partial charge in [0, 0.05) is 16.8 Å². The molecule has 8 nitrogen and oxygen atoms in total. The molecule has 0 saturated carbocycles. The number of nitrogens with one attached hydrogen (secondary N) is 1. The predicted molar refractivity (Wildman–Crippen MR) is 111 cm³/mol. The van der Waals surface area contributed by atoms with Gasteiger partial charge in [-0.1, -0.05) is 0 Å². The van der Waals surface area contributed by atoms with Crippen molar-refractivity contribution in [3.63, 3.8) is 0 Å². The van der Waals surface area contributed by atoms with Gasteiger partial charge in [0.15, 0.2) is 9.84 Å². The van der Waals surface area contributed by atoms with E-state index in [9.17, 15) is 13.2 Å². The number of hydrazone groups is 1. The number of hydrogen-bond acceptors (Lipinski definition) is 6. The number of nitrogens with zero attached hydrogens (tertiary/aromatic N) is 3. The van der Waals surface area contributed by atoms with Gasteiger partial charge in [0.1, 0.15) is 5.75 Å². The Kier molecular flexibility index (Phi) is 6.07. The third-order valence-electron chi connectivity index (χ3n) is 4.78. The van der Waals surface area contributed by atoms with Crippen LogP contribution in [0.3, 0.4) is 0 Å². The van der Waals surface area contributed by atoms with E-state index >= 15 is 0 Å². The summed E-state index contributed by atoms with van der Waals surface area (Å²) in [7, 11) is -2.99. The van der Waals surface area contributed by atoms with E-state index < -0.39 is 9.84 Å². The number of carbonyl (C=O) groups is 1. The van der Waals surface area contributed by atoms with Crippen LogP contribution in [-0.4, -0.2) is 47.9 Å². The first-order valence-corrected chi connectivity index (χ1v) is 11.3. The average Bonchev–Trinajstić information content (AvgIpc) is 3.14. The molecule has 156 valence electrons. The van der Waals surface area contributed by atoms with Gasteiger partial charge in [-0.2, -0.15) is 10.2 Å². The highest BCUT2D eigenvalue weighted by Gasteiger charge is 2.31. The Morgan fingerprint density at radius 2 is 2.00 bits per heavy atom. The van der Waals surface area contributed by atoms with Crippen LogP contribution in [0.5, 0.6) is 5.75 Å². The number of rotatable bonds is 6. The fourth-order valence-corrected chi connectivity index (χ4v) is 5.06. The topological polar surface area (TPSA) is 103 Å². The van der Waals surface area contributed by atoms with E-state index in [1.165, 1.54) is 0 Å². The fourth-order valence-electron chi connectivity index (χ4n) is 3.36. The van der Waals surface area contributed by atoms with Gasteiger partial charge < -0.3 is 4.74 Å². The number of benzene rings is 1. The van der Waals surface area contributed by atoms with Gasteiger partial charge in [-0.05, 0) is 58.4 Å². The van der Waals surface area contributed by atoms with E-state index in [1.807, 2.05) is 27.7 Å². The van der Waals surface area contributed by atoms with E-state index in [1.54, 1.807) is 35.2 Å². The van der Waals surface area contributed by atoms with Crippen molar-refractivity contribution in [3.05, 3.63) is 46.8 Å². The van der Waals surface area contributed by atoms with Gasteiger partial charge in [0.05, 0.1) is 35.6 Å². The van der Waals surface area contributed by atoms with E-state index in [0.29, 0.717) is 17.7 Å². The lowest BCUT2D eigenvalue weighted by Crippen LogP contribution is -2.17. The molecule has 0 unspecified atom stereocenters. The molecule has 1 aromatic heterocycles. The van der Waals surface area contributed by atoms with Crippen molar-refractivity contribution < 1.29 is 17.9 Å². The maximum absolute atomic E-state index is 12.3. The van der Waals surface area contributed by atoms with Crippen molar-refractivity contribution >= 4 is 22.0 Å². The number of sulfone groups is 1. The highest BCUT2D eigenvalue weighted by Crippen LogP contribution is 2.26. The summed E-state index contributed by atoms with van der Waals surface area (Å²) in [6.07, 6.45) is 2.18. The van der Waals surface area contributed by atoms with E-state index in [-0.39, 0.29) is 29.6 Å². The molecule has 29 heavy (non-hydrogen) atoms. The van der Waals surface area contributed by atoms with Crippen LogP contribution in [0.15, 0.2) is 29.4 Å². The second-order valence-electron chi connectivity index (χ2n) is 7.48. The monoisotopic (exact) mass is 418 g/mol. The molecule has 1 aromatic carbocycles. The Labute approximate surface area is 170 Å². The molecule has 1 aliphatic rings. The van der Waals surface area contributed by atoms with Gasteiger partial charge in [-0.15, -0.1) is 0 Å². The maximum atomic E-state index is 12.3. The van der Waals surface area contributed by atoms with Crippen molar-refractivity contribution in [2.45, 2.75) is 46.3 Å². The maximum Gasteiger partial charge on any atom is 0.271 e. The van der Waals surface area contributed by atoms with Crippen LogP contribution >= 0.6 is 0 Å². The van der Waals surface area contributed by atoms with Gasteiger partial charge in [-0.25, -0.2) is 13.8 Å². The first-order valence-electron chi connectivity index (χ1n) is 9.52. The number of hydrogen-bond donors (Lipinski definition) is 1. The van der Waals surface area contributed by atoms with Gasteiger partial charge in [-0.3, -0.25) is 9.48 Å². The van der Waals surface area contributed by atoms with Gasteiger partial charge >= 0.3 is 0 Å². The summed E-state index contributed by atoms with van der Waals surface area (Å²) in [6, 6.07) is 6.69. The summed E-state index contributed by atoms with van der Waals surface area (Å²) in [5.41, 5.74) is 5.32. The molecule has 0 bridgehead atoms. The summed E-state index contributed by atoms with van der Waals surface area (Å²) >= 11 is 0. The molecule has 1 fully saturated rings. The molecule has 0 aliphatic carbocycles. The molecule has 1 atom stereocenters. The lowest BCUT2D eigenvalue weighted by Gasteiger charge is -2.10. The molecule has 3 rings (SSSR count). The smallest absolute Gasteiger partial charge is 0.271 e. The molecule has 2 heterocycles. The predicted octanol–water partition coefficient (Wildman–Crippen LogP) is 2.41. The number of amides is 1. The third kappa shape index (κ3) is 5.03. The number of carbonyl (C=O) groups excluding carboxylic acids is 1. The molecule has 1 aliphatic heterocycles. The zero-order chi connectivity index (χ0) is 21.2. The summed E-state index contributed by atoms with van der Waals surface area (Å²) < 4.78 is 30.8. The summed E-state index contributed by atoms with van der Waals surface area (Å²) in [4.78, 5) is 12.3. The van der Waals surface area contributed by atoms with Crippen molar-refractivity contribution in [3.8, 4) is 5.75 Å². The number of aromatic nitrogens is 2. The summed E-state index contributed by atoms with van der Waals surface area (Å²) in [5.74, 6) is 0.671. The fraction of sp³-hybridized carbons (Fsp3) is 0.450. The molecule has 2 aromatic rings. The number of aryl methyl sites for hydroxylation is 1. The van der Waals surface area contributed by atoms with E-state index in [2.05, 4.69) is 15.6 Å². The first-order chi connectivity index (χ1) is 13.7. The Hall–Kier alpha value is -2.68. The summed E-state index contributed by atoms with van der Waals surface area (Å²) in [5, 5.41) is 8.53. The highest BCUT2D eigenvalue weighted by molar-refractivity contribution is 7.91. The molecule has 1 amide bonds. The van der Waals surface area contributed by atoms with Crippen molar-refractivity contribution in [1.29, 1.82) is 0 Å². The molecular formula is C20H26N4O4S. The lowest BCUT2D eigenvalue weighted by molar-refractivity contribution is 0.0955. The third-order valence-corrected chi connectivity index (χ3v) is 6.53. The van der Waals surface area contributed by atoms with Crippen molar-refractivity contribution in [1.82, 2.24) is 15.2 Å². The highest BCUT2D eigenvalue weighted by atomic mass is 32.2. The van der Waals surface area contributed by atoms with Crippen LogP contribution < -0.4 is 10.2 Å². The van der Waals surface area contributed by atoms with Crippen LogP contribution in [0.2, 0.25) is 0 Å². The minimum Gasteiger partial charge on any atom is -0.491 e. The number of ether oxygens (including phenoxy) is 1. The van der Waals surface area contributed by atoms with Crippen molar-refractivity contribution in [2.75, 3.05) is 11.5 Å². The molecule has 1 N–H and O–H groups in total. The van der Waals surface area contributed by atoms with Crippen LogP contribution in [-0.2, 0) is 9.84 Å². The largest absolute Gasteiger partial charge is 0.491 e. The van der Waals surface area contributed by atoms with Crippen molar-refractivity contribution in [2.24, 2.45) is 5.10 Å². The molecule has 9 heteroatoms. The quantitative estimate of drug-likeness (QED) is 0.573. The second kappa shape index (κ2) is 8.36. The van der Waals surface area contributed by atoms with Gasteiger partial charge in [0.2, 0.25) is 0 Å². The van der Waals surface area contributed by atoms with Gasteiger partial charge in [0.25, 0.3) is 5.91 Å². The van der Waals surface area contributed by atoms with Crippen LogP contribution in [0, 0.1) is 13.8 Å². The first kappa shape index (κ1) is 21.0.